The lowest BCUT2D eigenvalue weighted by molar-refractivity contribution is -0.111. The maximum Gasteiger partial charge on any atom is 0.181 e. The third kappa shape index (κ3) is 2.27. The number of benzene rings is 1. The minimum absolute atomic E-state index is 0.113. The van der Waals surface area contributed by atoms with Gasteiger partial charge in [0, 0.05) is 13.2 Å². The zero-order valence-electron chi connectivity index (χ0n) is 11.2. The summed E-state index contributed by atoms with van der Waals surface area (Å²) in [6.45, 7) is 0. The van der Waals surface area contributed by atoms with E-state index in [-0.39, 0.29) is 5.78 Å². The molecule has 0 amide bonds. The van der Waals surface area contributed by atoms with Crippen LogP contribution >= 0.6 is 0 Å². The Morgan fingerprint density at radius 2 is 1.68 bits per heavy atom. The number of ketones is 1. The Balaban J connectivity index is 2.49. The Morgan fingerprint density at radius 1 is 1.00 bits per heavy atom. The van der Waals surface area contributed by atoms with Gasteiger partial charge in [0.05, 0.1) is 14.2 Å². The molecule has 0 bridgehead atoms. The third-order valence-corrected chi connectivity index (χ3v) is 3.18. The van der Waals surface area contributed by atoms with Gasteiger partial charge in [-0.3, -0.25) is 4.79 Å². The minimum Gasteiger partial charge on any atom is -0.497 e. The van der Waals surface area contributed by atoms with Crippen molar-refractivity contribution in [1.82, 2.24) is 0 Å². The Bertz CT molecular complexity index is 528. The average Bonchev–Trinajstić information content (AvgIpc) is 2.47. The lowest BCUT2D eigenvalue weighted by Gasteiger charge is -2.32. The zero-order valence-corrected chi connectivity index (χ0v) is 11.2. The second-order valence-electron chi connectivity index (χ2n) is 4.12. The maximum absolute atomic E-state index is 11.4. The molecule has 0 saturated heterocycles. The Labute approximate surface area is 112 Å². The van der Waals surface area contributed by atoms with Crippen LogP contribution in [0.4, 0.5) is 0 Å². The summed E-state index contributed by atoms with van der Waals surface area (Å²) in [7, 11) is 4.72. The van der Waals surface area contributed by atoms with Gasteiger partial charge in [0.1, 0.15) is 11.5 Å². The van der Waals surface area contributed by atoms with Crippen LogP contribution < -0.4 is 4.74 Å². The summed E-state index contributed by atoms with van der Waals surface area (Å²) in [4.78, 5) is 11.4. The van der Waals surface area contributed by atoms with Gasteiger partial charge in [0.15, 0.2) is 11.4 Å². The van der Waals surface area contributed by atoms with E-state index in [0.717, 1.165) is 11.3 Å². The first-order chi connectivity index (χ1) is 9.16. The molecule has 0 heterocycles. The van der Waals surface area contributed by atoms with Gasteiger partial charge in [-0.05, 0) is 29.8 Å². The zero-order chi connectivity index (χ0) is 13.9. The van der Waals surface area contributed by atoms with E-state index in [1.165, 1.54) is 19.3 Å². The van der Waals surface area contributed by atoms with Gasteiger partial charge in [0.25, 0.3) is 0 Å². The molecular weight excluding hydrogens is 244 g/mol. The summed E-state index contributed by atoms with van der Waals surface area (Å²) in [6, 6.07) is 7.45. The summed E-state index contributed by atoms with van der Waals surface area (Å²) in [5.41, 5.74) is 0.00205. The number of hydrogen-bond acceptors (Lipinski definition) is 4. The molecule has 1 unspecified atom stereocenters. The molecule has 4 nitrogen and oxygen atoms in total. The van der Waals surface area contributed by atoms with Crippen molar-refractivity contribution in [2.24, 2.45) is 0 Å². The lowest BCUT2D eigenvalue weighted by Crippen LogP contribution is -2.32. The number of carbonyl (C=O) groups excluding carboxylic acids is 1. The van der Waals surface area contributed by atoms with Crippen molar-refractivity contribution >= 4 is 5.78 Å². The molecule has 0 aromatic heterocycles. The molecule has 1 aliphatic rings. The minimum atomic E-state index is -0.866. The standard InChI is InChI=1S/C15H16O4/c1-17-13-6-4-11(5-7-13)15(19-3)9-8-12(16)10-14(15)18-2/h4-10H,1-3H3. The van der Waals surface area contributed by atoms with Crippen molar-refractivity contribution in [3.05, 3.63) is 53.8 Å². The van der Waals surface area contributed by atoms with Crippen LogP contribution in [0.15, 0.2) is 48.3 Å². The van der Waals surface area contributed by atoms with Crippen molar-refractivity contribution < 1.29 is 19.0 Å². The van der Waals surface area contributed by atoms with Gasteiger partial charge in [-0.15, -0.1) is 0 Å². The Kier molecular flexibility index (Phi) is 3.71. The number of methoxy groups -OCH3 is 3. The molecule has 1 aliphatic carbocycles. The second kappa shape index (κ2) is 5.28. The fourth-order valence-corrected chi connectivity index (χ4v) is 2.14. The number of hydrogen-bond donors (Lipinski definition) is 0. The highest BCUT2D eigenvalue weighted by molar-refractivity contribution is 6.01. The molecular formula is C15H16O4. The summed E-state index contributed by atoms with van der Waals surface area (Å²) in [5.74, 6) is 1.11. The summed E-state index contributed by atoms with van der Waals surface area (Å²) >= 11 is 0. The fraction of sp³-hybridized carbons (Fsp3) is 0.267. The molecule has 0 fully saturated rings. The first-order valence-corrected chi connectivity index (χ1v) is 5.85. The van der Waals surface area contributed by atoms with Crippen LogP contribution in [0.1, 0.15) is 5.56 Å². The van der Waals surface area contributed by atoms with Gasteiger partial charge >= 0.3 is 0 Å². The molecule has 1 aromatic carbocycles. The molecule has 100 valence electrons. The van der Waals surface area contributed by atoms with E-state index >= 15 is 0 Å². The fourth-order valence-electron chi connectivity index (χ4n) is 2.14. The van der Waals surface area contributed by atoms with E-state index in [1.807, 2.05) is 24.3 Å². The monoisotopic (exact) mass is 260 g/mol. The van der Waals surface area contributed by atoms with Gasteiger partial charge < -0.3 is 14.2 Å². The highest BCUT2D eigenvalue weighted by atomic mass is 16.5. The molecule has 1 aromatic rings. The van der Waals surface area contributed by atoms with Crippen molar-refractivity contribution in [1.29, 1.82) is 0 Å². The van der Waals surface area contributed by atoms with Crippen LogP contribution in [-0.2, 0) is 19.9 Å². The quantitative estimate of drug-likeness (QED) is 0.832. The van der Waals surface area contributed by atoms with Gasteiger partial charge in [-0.2, -0.15) is 0 Å². The van der Waals surface area contributed by atoms with E-state index in [1.54, 1.807) is 20.3 Å². The van der Waals surface area contributed by atoms with Crippen LogP contribution in [0.2, 0.25) is 0 Å². The van der Waals surface area contributed by atoms with Crippen LogP contribution in [0, 0.1) is 0 Å². The number of allylic oxidation sites excluding steroid dienone is 2. The lowest BCUT2D eigenvalue weighted by atomic mass is 9.87. The molecule has 19 heavy (non-hydrogen) atoms. The third-order valence-electron chi connectivity index (χ3n) is 3.18. The maximum atomic E-state index is 11.4. The Morgan fingerprint density at radius 3 is 2.21 bits per heavy atom. The van der Waals surface area contributed by atoms with Gasteiger partial charge in [-0.25, -0.2) is 0 Å². The number of carbonyl (C=O) groups is 1. The van der Waals surface area contributed by atoms with E-state index in [0.29, 0.717) is 5.76 Å². The van der Waals surface area contributed by atoms with Crippen molar-refractivity contribution in [2.45, 2.75) is 5.60 Å². The molecule has 0 N–H and O–H groups in total. The predicted octanol–water partition coefficient (Wildman–Crippen LogP) is 2.21. The highest BCUT2D eigenvalue weighted by Crippen LogP contribution is 2.37. The van der Waals surface area contributed by atoms with Crippen LogP contribution in [0.25, 0.3) is 0 Å². The van der Waals surface area contributed by atoms with E-state index in [4.69, 9.17) is 14.2 Å². The molecule has 4 heteroatoms. The first kappa shape index (κ1) is 13.4. The molecule has 0 saturated carbocycles. The van der Waals surface area contributed by atoms with Gasteiger partial charge in [-0.1, -0.05) is 12.1 Å². The highest BCUT2D eigenvalue weighted by Gasteiger charge is 2.38. The number of ether oxygens (including phenoxy) is 3. The second-order valence-corrected chi connectivity index (χ2v) is 4.12. The van der Waals surface area contributed by atoms with E-state index in [2.05, 4.69) is 0 Å². The smallest absolute Gasteiger partial charge is 0.181 e. The molecule has 0 spiro atoms. The largest absolute Gasteiger partial charge is 0.497 e. The topological polar surface area (TPSA) is 44.8 Å². The van der Waals surface area contributed by atoms with Crippen molar-refractivity contribution in [2.75, 3.05) is 21.3 Å². The molecule has 0 aliphatic heterocycles. The normalized spacial score (nSPS) is 22.1. The summed E-state index contributed by atoms with van der Waals surface area (Å²) in [5, 5.41) is 0. The summed E-state index contributed by atoms with van der Waals surface area (Å²) < 4.78 is 16.1. The molecule has 0 radical (unpaired) electrons. The molecule has 2 rings (SSSR count). The average molecular weight is 260 g/mol. The SMILES string of the molecule is COC1=CC(=O)C=CC1(OC)c1ccc(OC)cc1. The van der Waals surface area contributed by atoms with Crippen LogP contribution in [0.5, 0.6) is 5.75 Å². The van der Waals surface area contributed by atoms with Crippen LogP contribution in [0.3, 0.4) is 0 Å². The first-order valence-electron chi connectivity index (χ1n) is 5.85. The Hall–Kier alpha value is -2.07. The van der Waals surface area contributed by atoms with Crippen molar-refractivity contribution in [3.8, 4) is 5.75 Å². The van der Waals surface area contributed by atoms with E-state index < -0.39 is 5.60 Å². The molecule has 1 atom stereocenters. The van der Waals surface area contributed by atoms with Crippen molar-refractivity contribution in [3.63, 3.8) is 0 Å². The predicted molar refractivity (Wildman–Crippen MR) is 70.9 cm³/mol. The van der Waals surface area contributed by atoms with Gasteiger partial charge in [0.2, 0.25) is 0 Å². The van der Waals surface area contributed by atoms with E-state index in [9.17, 15) is 4.79 Å². The number of rotatable bonds is 4. The van der Waals surface area contributed by atoms with Crippen LogP contribution in [-0.4, -0.2) is 27.1 Å². The summed E-state index contributed by atoms with van der Waals surface area (Å²) in [6.07, 6.45) is 4.62.